The maximum atomic E-state index is 12.3. The zero-order valence-corrected chi connectivity index (χ0v) is 12.5. The molecule has 110 valence electrons. The van der Waals surface area contributed by atoms with Crippen molar-refractivity contribution in [3.63, 3.8) is 0 Å². The van der Waals surface area contributed by atoms with E-state index in [2.05, 4.69) is 12.1 Å². The van der Waals surface area contributed by atoms with Crippen molar-refractivity contribution in [1.29, 1.82) is 0 Å². The third-order valence-electron chi connectivity index (χ3n) is 3.56. The molecule has 1 aromatic carbocycles. The minimum absolute atomic E-state index is 0.0141. The predicted octanol–water partition coefficient (Wildman–Crippen LogP) is 2.87. The quantitative estimate of drug-likeness (QED) is 0.852. The van der Waals surface area contributed by atoms with Crippen LogP contribution in [0.4, 0.5) is 4.79 Å². The lowest BCUT2D eigenvalue weighted by Crippen LogP contribution is -2.61. The summed E-state index contributed by atoms with van der Waals surface area (Å²) in [6.07, 6.45) is 0.532. The fourth-order valence-corrected chi connectivity index (χ4v) is 2.71. The van der Waals surface area contributed by atoms with Gasteiger partial charge >= 0.3 is 6.09 Å². The zero-order valence-electron chi connectivity index (χ0n) is 12.5. The van der Waals surface area contributed by atoms with Crippen LogP contribution in [0.25, 0.3) is 0 Å². The molecule has 1 heterocycles. The van der Waals surface area contributed by atoms with Crippen LogP contribution in [-0.2, 0) is 15.9 Å². The number of hydrogen-bond donors (Lipinski definition) is 0. The minimum atomic E-state index is -0.343. The molecule has 0 aromatic heterocycles. The molecule has 0 spiro atoms. The van der Waals surface area contributed by atoms with E-state index >= 15 is 0 Å². The zero-order chi connectivity index (χ0) is 14.6. The van der Waals surface area contributed by atoms with Crippen LogP contribution in [-0.4, -0.2) is 42.4 Å². The lowest BCUT2D eigenvalue weighted by Gasteiger charge is -2.46. The molecule has 0 N–H and O–H groups in total. The van der Waals surface area contributed by atoms with Gasteiger partial charge in [0.2, 0.25) is 0 Å². The summed E-state index contributed by atoms with van der Waals surface area (Å²) in [6, 6.07) is 10.2. The van der Waals surface area contributed by atoms with Gasteiger partial charge in [0.15, 0.2) is 0 Å². The smallest absolute Gasteiger partial charge is 0.410 e. The molecule has 4 heteroatoms. The molecule has 1 amide bonds. The molecule has 0 radical (unpaired) electrons. The third-order valence-corrected chi connectivity index (χ3v) is 3.56. The van der Waals surface area contributed by atoms with Crippen LogP contribution in [0, 0.1) is 0 Å². The lowest BCUT2D eigenvalue weighted by molar-refractivity contribution is -0.0787. The van der Waals surface area contributed by atoms with Crippen molar-refractivity contribution in [1.82, 2.24) is 4.90 Å². The topological polar surface area (TPSA) is 38.8 Å². The van der Waals surface area contributed by atoms with Crippen molar-refractivity contribution < 1.29 is 14.3 Å². The van der Waals surface area contributed by atoms with Gasteiger partial charge in [-0.05, 0) is 32.8 Å². The Balaban J connectivity index is 2.17. The molecule has 20 heavy (non-hydrogen) atoms. The van der Waals surface area contributed by atoms with Crippen LogP contribution >= 0.6 is 0 Å². The van der Waals surface area contributed by atoms with Crippen molar-refractivity contribution in [3.05, 3.63) is 35.9 Å². The average Bonchev–Trinajstić information content (AvgIpc) is 2.39. The van der Waals surface area contributed by atoms with E-state index in [1.165, 1.54) is 5.56 Å². The molecular weight excluding hydrogens is 254 g/mol. The van der Waals surface area contributed by atoms with Crippen LogP contribution in [0.2, 0.25) is 0 Å². The molecule has 1 aromatic rings. The SMILES string of the molecule is CCOC(=O)N1C(Cc2ccccc2)COCC1(C)C. The van der Waals surface area contributed by atoms with Gasteiger partial charge in [0, 0.05) is 0 Å². The van der Waals surface area contributed by atoms with E-state index < -0.39 is 0 Å². The minimum Gasteiger partial charge on any atom is -0.450 e. The summed E-state index contributed by atoms with van der Waals surface area (Å²) >= 11 is 0. The monoisotopic (exact) mass is 277 g/mol. The fraction of sp³-hybridized carbons (Fsp3) is 0.562. The molecule has 4 nitrogen and oxygen atoms in total. The van der Waals surface area contributed by atoms with Crippen LogP contribution < -0.4 is 0 Å². The number of benzene rings is 1. The third kappa shape index (κ3) is 3.31. The standard InChI is InChI=1S/C16H23NO3/c1-4-20-15(18)17-14(11-19-12-16(17,2)3)10-13-8-6-5-7-9-13/h5-9,14H,4,10-12H2,1-3H3. The van der Waals surface area contributed by atoms with E-state index in [0.29, 0.717) is 19.8 Å². The Labute approximate surface area is 120 Å². The Bertz CT molecular complexity index is 444. The highest BCUT2D eigenvalue weighted by Gasteiger charge is 2.41. The predicted molar refractivity (Wildman–Crippen MR) is 77.7 cm³/mol. The van der Waals surface area contributed by atoms with Crippen molar-refractivity contribution in [2.45, 2.75) is 38.8 Å². The van der Waals surface area contributed by atoms with Crippen LogP contribution in [0.5, 0.6) is 0 Å². The molecule has 1 saturated heterocycles. The van der Waals surface area contributed by atoms with E-state index in [9.17, 15) is 4.79 Å². The molecule has 0 saturated carbocycles. The number of ether oxygens (including phenoxy) is 2. The van der Waals surface area contributed by atoms with Gasteiger partial charge in [0.25, 0.3) is 0 Å². The number of rotatable bonds is 3. The maximum Gasteiger partial charge on any atom is 0.410 e. The molecule has 1 fully saturated rings. The molecular formula is C16H23NO3. The normalized spacial score (nSPS) is 21.6. The summed E-state index contributed by atoms with van der Waals surface area (Å²) in [5.74, 6) is 0. The van der Waals surface area contributed by atoms with Crippen LogP contribution in [0.15, 0.2) is 30.3 Å². The van der Waals surface area contributed by atoms with Crippen molar-refractivity contribution in [2.24, 2.45) is 0 Å². The van der Waals surface area contributed by atoms with Gasteiger partial charge in [-0.1, -0.05) is 30.3 Å². The highest BCUT2D eigenvalue weighted by atomic mass is 16.6. The van der Waals surface area contributed by atoms with Gasteiger partial charge < -0.3 is 9.47 Å². The van der Waals surface area contributed by atoms with Gasteiger partial charge in [-0.25, -0.2) is 4.79 Å². The summed E-state index contributed by atoms with van der Waals surface area (Å²) in [5, 5.41) is 0. The molecule has 2 rings (SSSR count). The van der Waals surface area contributed by atoms with E-state index in [-0.39, 0.29) is 17.7 Å². The fourth-order valence-electron chi connectivity index (χ4n) is 2.71. The van der Waals surface area contributed by atoms with Gasteiger partial charge in [-0.2, -0.15) is 0 Å². The number of carbonyl (C=O) groups is 1. The summed E-state index contributed by atoms with van der Waals surface area (Å²) in [7, 11) is 0. The van der Waals surface area contributed by atoms with Crippen LogP contribution in [0.1, 0.15) is 26.3 Å². The summed E-state index contributed by atoms with van der Waals surface area (Å²) in [5.41, 5.74) is 0.859. The Morgan fingerprint density at radius 1 is 1.40 bits per heavy atom. The van der Waals surface area contributed by atoms with Crippen molar-refractivity contribution in [2.75, 3.05) is 19.8 Å². The molecule has 0 aliphatic carbocycles. The second-order valence-corrected chi connectivity index (χ2v) is 5.74. The summed E-state index contributed by atoms with van der Waals surface area (Å²) in [6.45, 7) is 7.35. The van der Waals surface area contributed by atoms with E-state index in [4.69, 9.17) is 9.47 Å². The Morgan fingerprint density at radius 2 is 2.10 bits per heavy atom. The van der Waals surface area contributed by atoms with E-state index in [1.807, 2.05) is 43.9 Å². The second-order valence-electron chi connectivity index (χ2n) is 5.74. The van der Waals surface area contributed by atoms with E-state index in [0.717, 1.165) is 6.42 Å². The summed E-state index contributed by atoms with van der Waals surface area (Å²) in [4.78, 5) is 14.1. The van der Waals surface area contributed by atoms with E-state index in [1.54, 1.807) is 0 Å². The van der Waals surface area contributed by atoms with Crippen LogP contribution in [0.3, 0.4) is 0 Å². The van der Waals surface area contributed by atoms with Gasteiger partial charge in [-0.3, -0.25) is 4.90 Å². The number of amides is 1. The average molecular weight is 277 g/mol. The first-order valence-corrected chi connectivity index (χ1v) is 7.12. The van der Waals surface area contributed by atoms with Crippen molar-refractivity contribution in [3.8, 4) is 0 Å². The molecule has 1 atom stereocenters. The second kappa shape index (κ2) is 6.27. The Morgan fingerprint density at radius 3 is 2.75 bits per heavy atom. The largest absolute Gasteiger partial charge is 0.450 e. The first-order chi connectivity index (χ1) is 9.54. The summed E-state index contributed by atoms with van der Waals surface area (Å²) < 4.78 is 10.9. The van der Waals surface area contributed by atoms with Gasteiger partial charge in [0.05, 0.1) is 31.4 Å². The number of morpholine rings is 1. The molecule has 1 aliphatic heterocycles. The first kappa shape index (κ1) is 14.9. The lowest BCUT2D eigenvalue weighted by atomic mass is 9.96. The molecule has 1 aliphatic rings. The first-order valence-electron chi connectivity index (χ1n) is 7.12. The number of carbonyl (C=O) groups excluding carboxylic acids is 1. The maximum absolute atomic E-state index is 12.3. The molecule has 0 bridgehead atoms. The van der Waals surface area contributed by atoms with Gasteiger partial charge in [-0.15, -0.1) is 0 Å². The highest BCUT2D eigenvalue weighted by Crippen LogP contribution is 2.26. The Hall–Kier alpha value is -1.55. The highest BCUT2D eigenvalue weighted by molar-refractivity contribution is 5.69. The Kier molecular flexibility index (Phi) is 4.65. The number of hydrogen-bond acceptors (Lipinski definition) is 3. The number of nitrogens with zero attached hydrogens (tertiary/aromatic N) is 1. The molecule has 1 unspecified atom stereocenters. The van der Waals surface area contributed by atoms with Crippen molar-refractivity contribution >= 4 is 6.09 Å². The van der Waals surface area contributed by atoms with Gasteiger partial charge in [0.1, 0.15) is 0 Å².